The van der Waals surface area contributed by atoms with Crippen LogP contribution in [0.5, 0.6) is 0 Å². The summed E-state index contributed by atoms with van der Waals surface area (Å²) < 4.78 is 9.14. The molecule has 0 unspecified atom stereocenters. The second-order valence-electron chi connectivity index (χ2n) is 7.25. The van der Waals surface area contributed by atoms with Crippen molar-refractivity contribution in [1.29, 1.82) is 0 Å². The summed E-state index contributed by atoms with van der Waals surface area (Å²) in [5.41, 5.74) is 0. The average molecular weight is 355 g/mol. The normalized spacial score (nSPS) is 27.3. The van der Waals surface area contributed by atoms with Crippen molar-refractivity contribution in [1.82, 2.24) is 4.67 Å². The second kappa shape index (κ2) is 6.72. The van der Waals surface area contributed by atoms with Gasteiger partial charge in [0.25, 0.3) is 0 Å². The predicted octanol–water partition coefficient (Wildman–Crippen LogP) is 3.68. The monoisotopic (exact) mass is 355 g/mol. The summed E-state index contributed by atoms with van der Waals surface area (Å²) in [7, 11) is -2.18. The molecule has 2 aromatic rings. The fourth-order valence-corrected chi connectivity index (χ4v) is 10.2. The van der Waals surface area contributed by atoms with Crippen molar-refractivity contribution in [3.63, 3.8) is 0 Å². The van der Waals surface area contributed by atoms with E-state index in [4.69, 9.17) is 4.52 Å². The fourth-order valence-electron chi connectivity index (χ4n) is 4.42. The van der Waals surface area contributed by atoms with Crippen LogP contribution >= 0.6 is 8.30 Å². The number of fused-ring (bicyclic) bond motifs is 1. The van der Waals surface area contributed by atoms with Gasteiger partial charge in [0.2, 0.25) is 0 Å². The topological polar surface area (TPSA) is 12.5 Å². The Hall–Kier alpha value is -0.993. The lowest BCUT2D eigenvalue weighted by molar-refractivity contribution is 0.230. The average Bonchev–Trinajstić information content (AvgIpc) is 3.22. The van der Waals surface area contributed by atoms with Crippen molar-refractivity contribution in [2.75, 3.05) is 13.2 Å². The molecule has 4 rings (SSSR count). The predicted molar refractivity (Wildman–Crippen MR) is 106 cm³/mol. The van der Waals surface area contributed by atoms with E-state index < -0.39 is 8.07 Å². The third-order valence-electron chi connectivity index (χ3n) is 5.78. The van der Waals surface area contributed by atoms with Gasteiger partial charge in [-0.3, -0.25) is 4.67 Å². The number of rotatable bonds is 4. The van der Waals surface area contributed by atoms with Crippen LogP contribution in [-0.4, -0.2) is 38.1 Å². The maximum absolute atomic E-state index is 6.49. The van der Waals surface area contributed by atoms with Crippen molar-refractivity contribution in [2.45, 2.75) is 37.6 Å². The summed E-state index contributed by atoms with van der Waals surface area (Å²) in [5, 5.41) is 3.05. The van der Waals surface area contributed by atoms with E-state index >= 15 is 0 Å². The SMILES string of the molecule is C[P@@]1O[C@@H](C[Si](C)(c2ccccc2)c2ccccc2)[C@H]2CCCN21. The quantitative estimate of drug-likeness (QED) is 0.613. The van der Waals surface area contributed by atoms with Gasteiger partial charge < -0.3 is 4.52 Å². The van der Waals surface area contributed by atoms with Crippen molar-refractivity contribution in [3.05, 3.63) is 60.7 Å². The van der Waals surface area contributed by atoms with Gasteiger partial charge in [0.15, 0.2) is 0 Å². The first-order valence-corrected chi connectivity index (χ1v) is 13.3. The largest absolute Gasteiger partial charge is 0.339 e. The van der Waals surface area contributed by atoms with E-state index in [1.54, 1.807) is 0 Å². The summed E-state index contributed by atoms with van der Waals surface area (Å²) in [6.07, 6.45) is 3.05. The molecule has 126 valence electrons. The van der Waals surface area contributed by atoms with Gasteiger partial charge in [0, 0.05) is 12.6 Å². The van der Waals surface area contributed by atoms with Gasteiger partial charge in [0.05, 0.1) is 6.10 Å². The number of benzene rings is 2. The lowest BCUT2D eigenvalue weighted by atomic mass is 10.1. The molecule has 0 amide bonds. The number of hydrogen-bond acceptors (Lipinski definition) is 2. The van der Waals surface area contributed by atoms with E-state index in [0.717, 1.165) is 0 Å². The van der Waals surface area contributed by atoms with Crippen LogP contribution in [0.25, 0.3) is 0 Å². The van der Waals surface area contributed by atoms with E-state index in [1.807, 2.05) is 0 Å². The Morgan fingerprint density at radius 2 is 1.62 bits per heavy atom. The molecule has 2 aliphatic heterocycles. The Bertz CT molecular complexity index is 641. The van der Waals surface area contributed by atoms with Crippen LogP contribution in [0.1, 0.15) is 12.8 Å². The van der Waals surface area contributed by atoms with Gasteiger partial charge in [-0.05, 0) is 25.6 Å². The smallest absolute Gasteiger partial charge is 0.117 e. The Kier molecular flexibility index (Phi) is 4.61. The molecule has 2 nitrogen and oxygen atoms in total. The Morgan fingerprint density at radius 1 is 1.04 bits per heavy atom. The Morgan fingerprint density at radius 3 is 2.21 bits per heavy atom. The van der Waals surface area contributed by atoms with Crippen molar-refractivity contribution in [3.8, 4) is 0 Å². The third kappa shape index (κ3) is 2.88. The first-order chi connectivity index (χ1) is 11.7. The van der Waals surface area contributed by atoms with Gasteiger partial charge in [0.1, 0.15) is 16.4 Å². The standard InChI is InChI=1S/C20H26NOPSi/c1-23-21-15-9-14-19(21)20(22-23)16-24(2,17-10-5-3-6-11-17)18-12-7-4-8-13-18/h3-8,10-13,19-20H,9,14-16H2,1-2H3/t19-,20+,23-/m1/s1. The van der Waals surface area contributed by atoms with Gasteiger partial charge in [-0.15, -0.1) is 0 Å². The molecule has 2 aromatic carbocycles. The minimum Gasteiger partial charge on any atom is -0.339 e. The molecular weight excluding hydrogens is 329 g/mol. The molecule has 0 N–H and O–H groups in total. The van der Waals surface area contributed by atoms with Crippen molar-refractivity contribution >= 4 is 26.7 Å². The summed E-state index contributed by atoms with van der Waals surface area (Å²) in [6, 6.07) is 24.2. The third-order valence-corrected chi connectivity index (χ3v) is 12.0. The Labute approximate surface area is 147 Å². The van der Waals surface area contributed by atoms with Crippen LogP contribution in [0.2, 0.25) is 12.6 Å². The van der Waals surface area contributed by atoms with Crippen molar-refractivity contribution in [2.24, 2.45) is 0 Å². The zero-order valence-electron chi connectivity index (χ0n) is 14.6. The summed E-state index contributed by atoms with van der Waals surface area (Å²) in [5.74, 6) is 0. The Balaban J connectivity index is 1.69. The lowest BCUT2D eigenvalue weighted by Gasteiger charge is -2.32. The van der Waals surface area contributed by atoms with Crippen LogP contribution in [0.3, 0.4) is 0 Å². The maximum atomic E-state index is 6.49. The molecule has 3 atom stereocenters. The van der Waals surface area contributed by atoms with Crippen LogP contribution in [-0.2, 0) is 4.52 Å². The lowest BCUT2D eigenvalue weighted by Crippen LogP contribution is -2.58. The molecule has 24 heavy (non-hydrogen) atoms. The molecule has 2 fully saturated rings. The van der Waals surface area contributed by atoms with E-state index in [-0.39, 0.29) is 8.30 Å². The molecule has 2 saturated heterocycles. The molecule has 0 saturated carbocycles. The molecular formula is C20H26NOPSi. The molecule has 0 bridgehead atoms. The fraction of sp³-hybridized carbons (Fsp3) is 0.400. The molecule has 2 aliphatic rings. The maximum Gasteiger partial charge on any atom is 0.117 e. The van der Waals surface area contributed by atoms with Gasteiger partial charge in [-0.25, -0.2) is 0 Å². The molecule has 0 aromatic heterocycles. The van der Waals surface area contributed by atoms with E-state index in [2.05, 4.69) is 78.5 Å². The minimum absolute atomic E-state index is 0.380. The van der Waals surface area contributed by atoms with Crippen LogP contribution in [0.15, 0.2) is 60.7 Å². The van der Waals surface area contributed by atoms with Crippen LogP contribution < -0.4 is 10.4 Å². The van der Waals surface area contributed by atoms with E-state index in [1.165, 1.54) is 35.8 Å². The molecule has 2 heterocycles. The highest BCUT2D eigenvalue weighted by Gasteiger charge is 2.47. The van der Waals surface area contributed by atoms with E-state index in [0.29, 0.717) is 12.1 Å². The van der Waals surface area contributed by atoms with Crippen molar-refractivity contribution < 1.29 is 4.52 Å². The van der Waals surface area contributed by atoms with Gasteiger partial charge in [-0.1, -0.05) is 77.6 Å². The van der Waals surface area contributed by atoms with E-state index in [9.17, 15) is 0 Å². The zero-order chi connectivity index (χ0) is 16.6. The minimum atomic E-state index is -1.80. The highest BCUT2D eigenvalue weighted by Crippen LogP contribution is 2.53. The summed E-state index contributed by atoms with van der Waals surface area (Å²) in [6.45, 7) is 6.05. The highest BCUT2D eigenvalue weighted by molar-refractivity contribution is 7.49. The first kappa shape index (κ1) is 16.5. The van der Waals surface area contributed by atoms with Gasteiger partial charge in [-0.2, -0.15) is 0 Å². The van der Waals surface area contributed by atoms with Crippen LogP contribution in [0, 0.1) is 0 Å². The molecule has 4 heteroatoms. The second-order valence-corrected chi connectivity index (χ2v) is 13.1. The molecule has 0 radical (unpaired) electrons. The first-order valence-electron chi connectivity index (χ1n) is 8.96. The highest BCUT2D eigenvalue weighted by atomic mass is 31.2. The molecule has 0 spiro atoms. The number of hydrogen-bond donors (Lipinski definition) is 0. The van der Waals surface area contributed by atoms with Gasteiger partial charge >= 0.3 is 0 Å². The van der Waals surface area contributed by atoms with Crippen LogP contribution in [0.4, 0.5) is 0 Å². The summed E-state index contributed by atoms with van der Waals surface area (Å²) in [4.78, 5) is 0. The molecule has 0 aliphatic carbocycles. The zero-order valence-corrected chi connectivity index (χ0v) is 16.5. The number of nitrogens with zero attached hydrogens (tertiary/aromatic N) is 1. The summed E-state index contributed by atoms with van der Waals surface area (Å²) >= 11 is 0.